The van der Waals surface area contributed by atoms with Gasteiger partial charge in [0.05, 0.1) is 32.4 Å². The Bertz CT molecular complexity index is 3460. The van der Waals surface area contributed by atoms with Gasteiger partial charge in [-0.25, -0.2) is 9.59 Å². The van der Waals surface area contributed by atoms with Crippen molar-refractivity contribution < 1.29 is 92.2 Å². The maximum absolute atomic E-state index is 13.5. The number of carboxylic acid groups (broad SMARTS) is 4. The van der Waals surface area contributed by atoms with E-state index in [-0.39, 0.29) is 99.5 Å². The minimum Gasteiger partial charge on any atom is -0.484 e. The fourth-order valence-corrected chi connectivity index (χ4v) is 12.9. The lowest BCUT2D eigenvalue weighted by atomic mass is 9.55. The smallest absolute Gasteiger partial charge is 0.326 e. The van der Waals surface area contributed by atoms with E-state index < -0.39 is 152 Å². The van der Waals surface area contributed by atoms with E-state index in [1.165, 1.54) is 0 Å². The normalized spacial score (nSPS) is 19.0. The number of amides is 8. The Balaban J connectivity index is 0.975. The van der Waals surface area contributed by atoms with E-state index in [1.807, 2.05) is 12.1 Å². The molecule has 99 heavy (non-hydrogen) atoms. The topological polar surface area (TPSA) is 546 Å². The lowest BCUT2D eigenvalue weighted by Crippen LogP contribution is -2.55. The van der Waals surface area contributed by atoms with Gasteiger partial charge in [0, 0.05) is 37.8 Å². The molecular formula is C66H88N14O19. The SMILES string of the molecule is C[C@]12CC[C@@H]3c4ccc(OCC(=O)N[C@@H](CCCN=C(N)N)C(=O)NCC(=O)N[C@@H](CC(=O)O)C(=O)N[C@@H](Cc5ccccc5)C(=O)O)cc4CC[C@H]3[C@@H]1CC[C@@H]2OC(=O)CCC(=O)N[C@@H](CCCN=C(N)N)C(=O)NCC(=O)N[C@@H](CC(=O)O)C(=O)N[C@@H](Cc1ccccc1)C(=O)O. The van der Waals surface area contributed by atoms with E-state index in [0.717, 1.165) is 36.8 Å². The van der Waals surface area contributed by atoms with Gasteiger partial charge < -0.3 is 95.4 Å². The Kier molecular flexibility index (Phi) is 29.3. The second-order valence-corrected chi connectivity index (χ2v) is 24.9. The van der Waals surface area contributed by atoms with Crippen LogP contribution in [0.3, 0.4) is 0 Å². The van der Waals surface area contributed by atoms with Crippen LogP contribution in [0, 0.1) is 17.3 Å². The molecule has 11 atom stereocenters. The Morgan fingerprint density at radius 3 is 1.51 bits per heavy atom. The van der Waals surface area contributed by atoms with Crippen LogP contribution in [0.1, 0.15) is 119 Å². The van der Waals surface area contributed by atoms with Crippen LogP contribution >= 0.6 is 0 Å². The fraction of sp³-hybridized carbons (Fsp3) is 0.500. The van der Waals surface area contributed by atoms with E-state index >= 15 is 0 Å². The Hall–Kier alpha value is -10.9. The van der Waals surface area contributed by atoms with Crippen molar-refractivity contribution in [3.8, 4) is 5.75 Å². The number of hydrogen-bond acceptors (Lipinski definition) is 17. The minimum atomic E-state index is -1.73. The lowest BCUT2D eigenvalue weighted by Gasteiger charge is -2.50. The molecule has 0 aliphatic heterocycles. The van der Waals surface area contributed by atoms with Crippen LogP contribution in [-0.4, -0.2) is 185 Å². The number of fused-ring (bicyclic) bond motifs is 5. The Morgan fingerprint density at radius 2 is 1.03 bits per heavy atom. The summed E-state index contributed by atoms with van der Waals surface area (Å²) in [6.45, 7) is 0.236. The van der Waals surface area contributed by atoms with Crippen molar-refractivity contribution in [1.82, 2.24) is 42.5 Å². The quantitative estimate of drug-likeness (QED) is 0.0133. The molecule has 2 saturated carbocycles. The molecule has 0 aromatic heterocycles. The van der Waals surface area contributed by atoms with Crippen LogP contribution in [0.25, 0.3) is 0 Å². The number of rotatable bonds is 39. The van der Waals surface area contributed by atoms with Gasteiger partial charge in [-0.1, -0.05) is 73.7 Å². The molecule has 0 unspecified atom stereocenters. The molecule has 3 aromatic carbocycles. The molecular weight excluding hydrogens is 1290 g/mol. The number of aryl methyl sites for hydroxylation is 1. The molecule has 3 aliphatic carbocycles. The average molecular weight is 1380 g/mol. The number of guanidine groups is 2. The molecule has 0 heterocycles. The molecule has 8 amide bonds. The Labute approximate surface area is 569 Å². The first-order valence-electron chi connectivity index (χ1n) is 32.4. The summed E-state index contributed by atoms with van der Waals surface area (Å²) in [5.74, 6) is -13.0. The third-order valence-corrected chi connectivity index (χ3v) is 17.7. The summed E-state index contributed by atoms with van der Waals surface area (Å²) in [7, 11) is 0. The molecule has 33 heteroatoms. The van der Waals surface area contributed by atoms with Crippen molar-refractivity contribution in [1.29, 1.82) is 0 Å². The van der Waals surface area contributed by atoms with E-state index in [4.69, 9.17) is 32.4 Å². The van der Waals surface area contributed by atoms with Crippen molar-refractivity contribution in [3.05, 3.63) is 101 Å². The van der Waals surface area contributed by atoms with Crippen molar-refractivity contribution in [2.75, 3.05) is 32.8 Å². The highest BCUT2D eigenvalue weighted by Crippen LogP contribution is 2.61. The molecule has 0 bridgehead atoms. The van der Waals surface area contributed by atoms with Crippen LogP contribution < -0.4 is 70.2 Å². The van der Waals surface area contributed by atoms with Crippen LogP contribution in [0.2, 0.25) is 0 Å². The minimum absolute atomic E-state index is 0.00154. The zero-order valence-corrected chi connectivity index (χ0v) is 54.7. The van der Waals surface area contributed by atoms with E-state index in [2.05, 4.69) is 59.4 Å². The third-order valence-electron chi connectivity index (χ3n) is 17.7. The third kappa shape index (κ3) is 24.6. The van der Waals surface area contributed by atoms with Gasteiger partial charge in [-0.3, -0.25) is 62.7 Å². The molecule has 20 N–H and O–H groups in total. The number of nitrogens with one attached hydrogen (secondary N) is 8. The van der Waals surface area contributed by atoms with Gasteiger partial charge in [0.2, 0.25) is 41.4 Å². The van der Waals surface area contributed by atoms with Gasteiger partial charge in [0.1, 0.15) is 48.1 Å². The molecule has 0 saturated heterocycles. The zero-order valence-electron chi connectivity index (χ0n) is 54.7. The summed E-state index contributed by atoms with van der Waals surface area (Å²) in [6.07, 6.45) is 1.56. The molecule has 0 radical (unpaired) electrons. The lowest BCUT2D eigenvalue weighted by molar-refractivity contribution is -0.158. The number of nitrogens with two attached hydrogens (primary N) is 4. The van der Waals surface area contributed by atoms with Gasteiger partial charge in [0.25, 0.3) is 5.91 Å². The number of ether oxygens (including phenoxy) is 2. The van der Waals surface area contributed by atoms with Crippen LogP contribution in [0.5, 0.6) is 5.75 Å². The van der Waals surface area contributed by atoms with Crippen LogP contribution in [0.4, 0.5) is 0 Å². The highest BCUT2D eigenvalue weighted by molar-refractivity contribution is 5.97. The second kappa shape index (κ2) is 37.6. The van der Waals surface area contributed by atoms with Crippen molar-refractivity contribution in [3.63, 3.8) is 0 Å². The van der Waals surface area contributed by atoms with E-state index in [1.54, 1.807) is 66.7 Å². The Morgan fingerprint density at radius 1 is 0.545 bits per heavy atom. The number of carbonyl (C=O) groups is 13. The number of carboxylic acids is 4. The van der Waals surface area contributed by atoms with E-state index in [9.17, 15) is 82.8 Å². The summed E-state index contributed by atoms with van der Waals surface area (Å²) in [6, 6.07) is 13.4. The molecule has 3 aromatic rings. The molecule has 2 fully saturated rings. The predicted molar refractivity (Wildman–Crippen MR) is 353 cm³/mol. The molecule has 6 rings (SSSR count). The number of hydrogen-bond donors (Lipinski definition) is 16. The van der Waals surface area contributed by atoms with Gasteiger partial charge in [0.15, 0.2) is 18.5 Å². The fourth-order valence-electron chi connectivity index (χ4n) is 12.9. The van der Waals surface area contributed by atoms with Gasteiger partial charge in [-0.05, 0) is 116 Å². The first-order chi connectivity index (χ1) is 47.1. The molecule has 0 spiro atoms. The number of benzene rings is 3. The van der Waals surface area contributed by atoms with Crippen molar-refractivity contribution >= 4 is 89.0 Å². The highest BCUT2D eigenvalue weighted by atomic mass is 16.5. The number of esters is 1. The van der Waals surface area contributed by atoms with Crippen molar-refractivity contribution in [2.24, 2.45) is 50.2 Å². The number of nitrogens with zero attached hydrogens (tertiary/aromatic N) is 2. The van der Waals surface area contributed by atoms with E-state index in [0.29, 0.717) is 29.7 Å². The monoisotopic (exact) mass is 1380 g/mol. The summed E-state index contributed by atoms with van der Waals surface area (Å²) in [5, 5.41) is 57.4. The standard InChI is InChI=1S/C66H88N14O19/c1-66-25-24-41-40-19-17-39(98-35-54(84)76-45(15-9-27-72-65(69)70)59(91)74-34-53(83)78-47(32-56(87)88)61(93)80-49(63(96)97)29-37-12-6-3-7-13-37)30-38(40)16-18-42(41)43(66)20-21-50(66)99-57(89)23-22-51(81)75-44(14-8-26-71-64(67)68)58(90)73-33-52(82)77-46(31-55(85)86)60(92)79-48(62(94)95)28-36-10-4-2-5-11-36/h2-7,10-13,17,19,30,41-50H,8-9,14-16,18,20-29,31-35H2,1H3,(H,73,90)(H,74,91)(H,75,81)(H,76,84)(H,77,82)(H,78,83)(H,79,92)(H,80,93)(H,85,86)(H,87,88)(H,94,95)(H,96,97)(H4,67,68,71)(H4,69,70,72)/t41-,42-,43+,44+,45+,46+,47+,48+,49+,50+,66+/m1/s1. The summed E-state index contributed by atoms with van der Waals surface area (Å²) >= 11 is 0. The number of aliphatic carboxylic acids is 4. The first-order valence-corrected chi connectivity index (χ1v) is 32.4. The molecule has 3 aliphatic rings. The first kappa shape index (κ1) is 77.1. The predicted octanol–water partition coefficient (Wildman–Crippen LogP) is -1.53. The summed E-state index contributed by atoms with van der Waals surface area (Å²) < 4.78 is 12.1. The maximum atomic E-state index is 13.5. The largest absolute Gasteiger partial charge is 0.484 e. The second-order valence-electron chi connectivity index (χ2n) is 24.9. The van der Waals surface area contributed by atoms with Crippen LogP contribution in [0.15, 0.2) is 88.8 Å². The number of aliphatic imine (C=N–C) groups is 2. The molecule has 536 valence electrons. The summed E-state index contributed by atoms with van der Waals surface area (Å²) in [4.78, 5) is 175. The average Bonchev–Trinajstić information content (AvgIpc) is 1.66. The maximum Gasteiger partial charge on any atom is 0.326 e. The van der Waals surface area contributed by atoms with Gasteiger partial charge in [-0.2, -0.15) is 0 Å². The van der Waals surface area contributed by atoms with Crippen molar-refractivity contribution in [2.45, 2.75) is 158 Å². The summed E-state index contributed by atoms with van der Waals surface area (Å²) in [5.41, 5.74) is 24.8. The number of carbonyl (C=O) groups excluding carboxylic acids is 9. The van der Waals surface area contributed by atoms with Gasteiger partial charge >= 0.3 is 29.8 Å². The zero-order chi connectivity index (χ0) is 72.3. The molecule has 33 nitrogen and oxygen atoms in total. The highest BCUT2D eigenvalue weighted by Gasteiger charge is 2.56. The van der Waals surface area contributed by atoms with Crippen LogP contribution in [-0.2, 0) is 86.3 Å². The van der Waals surface area contributed by atoms with Gasteiger partial charge in [-0.15, -0.1) is 0 Å².